The van der Waals surface area contributed by atoms with Crippen LogP contribution in [0.4, 0.5) is 4.39 Å². The lowest BCUT2D eigenvalue weighted by atomic mass is 9.93. The number of hydrogen-bond donors (Lipinski definition) is 2. The number of hydrogen-bond acceptors (Lipinski definition) is 3. The first-order chi connectivity index (χ1) is 10.1. The molecule has 1 aliphatic rings. The van der Waals surface area contributed by atoms with Crippen LogP contribution in [0.15, 0.2) is 18.2 Å². The monoisotopic (exact) mass is 310 g/mol. The Labute approximate surface area is 130 Å². The van der Waals surface area contributed by atoms with E-state index < -0.39 is 0 Å². The van der Waals surface area contributed by atoms with Crippen LogP contribution in [0.25, 0.3) is 0 Å². The molecule has 0 aromatic heterocycles. The van der Waals surface area contributed by atoms with E-state index in [1.165, 1.54) is 19.3 Å². The second kappa shape index (κ2) is 7.82. The van der Waals surface area contributed by atoms with Crippen molar-refractivity contribution < 1.29 is 9.50 Å². The summed E-state index contributed by atoms with van der Waals surface area (Å²) in [6.45, 7) is 1.15. The number of benzene rings is 1. The lowest BCUT2D eigenvalue weighted by Crippen LogP contribution is -2.38. The molecule has 0 radical (unpaired) electrons. The fraction of sp³-hybridized carbons (Fsp3) is 0.562. The van der Waals surface area contributed by atoms with Gasteiger partial charge in [0.15, 0.2) is 0 Å². The maximum Gasteiger partial charge on any atom is 0.137 e. The van der Waals surface area contributed by atoms with Crippen molar-refractivity contribution in [3.63, 3.8) is 0 Å². The second-order valence-corrected chi connectivity index (χ2v) is 6.07. The van der Waals surface area contributed by atoms with E-state index >= 15 is 0 Å². The first-order valence-corrected chi connectivity index (χ1v) is 7.96. The van der Waals surface area contributed by atoms with E-state index in [-0.39, 0.29) is 17.4 Å². The van der Waals surface area contributed by atoms with Crippen LogP contribution in [-0.2, 0) is 6.54 Å². The van der Waals surface area contributed by atoms with Crippen molar-refractivity contribution >= 4 is 17.2 Å². The number of nitrogens with zero attached hydrogens (tertiary/aromatic N) is 1. The highest BCUT2D eigenvalue weighted by atomic mass is 32.1. The largest absolute Gasteiger partial charge is 0.395 e. The van der Waals surface area contributed by atoms with Gasteiger partial charge in [-0.2, -0.15) is 0 Å². The average Bonchev–Trinajstić information content (AvgIpc) is 2.49. The standard InChI is InChI=1S/C16H23FN2OS/c17-15-12(5-4-8-14(15)16(18)21)11-19(9-10-20)13-6-2-1-3-7-13/h4-5,8,13,20H,1-3,6-7,9-11H2,(H2,18,21). The predicted octanol–water partition coefficient (Wildman–Crippen LogP) is 2.59. The van der Waals surface area contributed by atoms with Crippen molar-refractivity contribution in [2.45, 2.75) is 44.7 Å². The molecule has 3 nitrogen and oxygen atoms in total. The molecule has 2 rings (SSSR count). The molecule has 5 heteroatoms. The van der Waals surface area contributed by atoms with Gasteiger partial charge in [-0.1, -0.05) is 43.6 Å². The van der Waals surface area contributed by atoms with Gasteiger partial charge < -0.3 is 10.8 Å². The van der Waals surface area contributed by atoms with Crippen LogP contribution in [-0.4, -0.2) is 34.2 Å². The number of halogens is 1. The maximum atomic E-state index is 14.4. The molecule has 0 unspecified atom stereocenters. The van der Waals surface area contributed by atoms with Crippen LogP contribution in [0.5, 0.6) is 0 Å². The number of thiocarbonyl (C=S) groups is 1. The highest BCUT2D eigenvalue weighted by molar-refractivity contribution is 7.80. The van der Waals surface area contributed by atoms with Gasteiger partial charge in [-0.15, -0.1) is 0 Å². The fourth-order valence-electron chi connectivity index (χ4n) is 3.08. The topological polar surface area (TPSA) is 49.5 Å². The zero-order valence-electron chi connectivity index (χ0n) is 12.2. The van der Waals surface area contributed by atoms with Crippen molar-refractivity contribution in [1.29, 1.82) is 0 Å². The number of aliphatic hydroxyl groups excluding tert-OH is 1. The van der Waals surface area contributed by atoms with Crippen molar-refractivity contribution in [2.24, 2.45) is 5.73 Å². The van der Waals surface area contributed by atoms with Crippen LogP contribution in [0.1, 0.15) is 43.2 Å². The van der Waals surface area contributed by atoms with E-state index in [4.69, 9.17) is 18.0 Å². The normalized spacial score (nSPS) is 16.3. The van der Waals surface area contributed by atoms with Crippen molar-refractivity contribution in [3.05, 3.63) is 35.1 Å². The molecule has 0 saturated heterocycles. The lowest BCUT2D eigenvalue weighted by Gasteiger charge is -2.34. The molecule has 3 N–H and O–H groups in total. The summed E-state index contributed by atoms with van der Waals surface area (Å²) in [6, 6.07) is 5.59. The highest BCUT2D eigenvalue weighted by Crippen LogP contribution is 2.25. The van der Waals surface area contributed by atoms with E-state index in [1.807, 2.05) is 0 Å². The molecule has 1 aromatic rings. The third-order valence-electron chi connectivity index (χ3n) is 4.20. The summed E-state index contributed by atoms with van der Waals surface area (Å²) in [5.41, 5.74) is 6.45. The third-order valence-corrected chi connectivity index (χ3v) is 4.42. The Hall–Kier alpha value is -1.04. The Bertz CT molecular complexity index is 489. The minimum atomic E-state index is -0.330. The van der Waals surface area contributed by atoms with Gasteiger partial charge in [0, 0.05) is 30.3 Å². The number of rotatable bonds is 6. The first-order valence-electron chi connectivity index (χ1n) is 7.55. The summed E-state index contributed by atoms with van der Waals surface area (Å²) in [5, 5.41) is 9.28. The molecule has 0 heterocycles. The van der Waals surface area contributed by atoms with E-state index in [0.717, 1.165) is 12.8 Å². The van der Waals surface area contributed by atoms with Gasteiger partial charge in [-0.3, -0.25) is 4.90 Å². The quantitative estimate of drug-likeness (QED) is 0.793. The van der Waals surface area contributed by atoms with Crippen molar-refractivity contribution in [2.75, 3.05) is 13.2 Å². The molecule has 1 aliphatic carbocycles. The molecule has 116 valence electrons. The highest BCUT2D eigenvalue weighted by Gasteiger charge is 2.22. The summed E-state index contributed by atoms with van der Waals surface area (Å²) in [6.07, 6.45) is 5.94. The summed E-state index contributed by atoms with van der Waals surface area (Å²) in [7, 11) is 0. The first kappa shape index (κ1) is 16.3. The Balaban J connectivity index is 2.16. The smallest absolute Gasteiger partial charge is 0.137 e. The summed E-state index contributed by atoms with van der Waals surface area (Å²) in [4.78, 5) is 2.27. The Morgan fingerprint density at radius 3 is 2.67 bits per heavy atom. The van der Waals surface area contributed by atoms with Gasteiger partial charge in [0.05, 0.1) is 6.61 Å². The van der Waals surface area contributed by atoms with Crippen molar-refractivity contribution in [1.82, 2.24) is 4.90 Å². The molecule has 0 atom stereocenters. The molecule has 0 amide bonds. The van der Waals surface area contributed by atoms with E-state index in [1.54, 1.807) is 18.2 Å². The average molecular weight is 310 g/mol. The number of aliphatic hydroxyl groups is 1. The SMILES string of the molecule is NC(=S)c1cccc(CN(CCO)C2CCCCC2)c1F. The molecule has 0 spiro atoms. The van der Waals surface area contributed by atoms with Gasteiger partial charge in [0.25, 0.3) is 0 Å². The van der Waals surface area contributed by atoms with Crippen LogP contribution in [0, 0.1) is 5.82 Å². The van der Waals surface area contributed by atoms with Gasteiger partial charge in [0.2, 0.25) is 0 Å². The Kier molecular flexibility index (Phi) is 6.08. The molecule has 1 saturated carbocycles. The van der Waals surface area contributed by atoms with Crippen LogP contribution >= 0.6 is 12.2 Å². The maximum absolute atomic E-state index is 14.4. The molecule has 0 aliphatic heterocycles. The molecule has 0 bridgehead atoms. The second-order valence-electron chi connectivity index (χ2n) is 5.63. The predicted molar refractivity (Wildman–Crippen MR) is 86.7 cm³/mol. The molecule has 1 fully saturated rings. The third kappa shape index (κ3) is 4.22. The van der Waals surface area contributed by atoms with E-state index in [2.05, 4.69) is 4.90 Å². The Morgan fingerprint density at radius 2 is 2.05 bits per heavy atom. The Morgan fingerprint density at radius 1 is 1.33 bits per heavy atom. The fourth-order valence-corrected chi connectivity index (χ4v) is 3.23. The summed E-state index contributed by atoms with van der Waals surface area (Å²) >= 11 is 4.88. The summed E-state index contributed by atoms with van der Waals surface area (Å²) < 4.78 is 14.4. The van der Waals surface area contributed by atoms with E-state index in [0.29, 0.717) is 30.3 Å². The molecule has 1 aromatic carbocycles. The van der Waals surface area contributed by atoms with Crippen molar-refractivity contribution in [3.8, 4) is 0 Å². The zero-order chi connectivity index (χ0) is 15.2. The number of nitrogens with two attached hydrogens (primary N) is 1. The summed E-state index contributed by atoms with van der Waals surface area (Å²) in [5.74, 6) is -0.330. The van der Waals surface area contributed by atoms with Gasteiger partial charge in [-0.05, 0) is 18.9 Å². The van der Waals surface area contributed by atoms with Gasteiger partial charge >= 0.3 is 0 Å². The molecular formula is C16H23FN2OS. The minimum Gasteiger partial charge on any atom is -0.395 e. The molecule has 21 heavy (non-hydrogen) atoms. The minimum absolute atomic E-state index is 0.0840. The van der Waals surface area contributed by atoms with Gasteiger partial charge in [-0.25, -0.2) is 4.39 Å². The van der Waals surface area contributed by atoms with Crippen LogP contribution < -0.4 is 5.73 Å². The van der Waals surface area contributed by atoms with E-state index in [9.17, 15) is 9.50 Å². The lowest BCUT2D eigenvalue weighted by molar-refractivity contribution is 0.116. The van der Waals surface area contributed by atoms with Crippen LogP contribution in [0.2, 0.25) is 0 Å². The van der Waals surface area contributed by atoms with Crippen LogP contribution in [0.3, 0.4) is 0 Å². The van der Waals surface area contributed by atoms with Gasteiger partial charge in [0.1, 0.15) is 10.8 Å². The zero-order valence-corrected chi connectivity index (χ0v) is 13.0. The molecular weight excluding hydrogens is 287 g/mol.